The Morgan fingerprint density at radius 2 is 2.11 bits per heavy atom. The van der Waals surface area contributed by atoms with Crippen LogP contribution in [0.4, 0.5) is 0 Å². The quantitative estimate of drug-likeness (QED) is 0.936. The SMILES string of the molecule is CCC(N)Cc1nc2cc(Br)ccc2n1C(C)C. The second-order valence-electron chi connectivity index (χ2n) is 5.00. The second kappa shape index (κ2) is 5.41. The molecule has 0 aliphatic heterocycles. The van der Waals surface area contributed by atoms with E-state index in [0.717, 1.165) is 28.7 Å². The first-order valence-corrected chi connectivity index (χ1v) is 7.24. The molecule has 1 heterocycles. The van der Waals surface area contributed by atoms with Crippen molar-refractivity contribution < 1.29 is 0 Å². The van der Waals surface area contributed by atoms with E-state index in [0.29, 0.717) is 6.04 Å². The van der Waals surface area contributed by atoms with Gasteiger partial charge in [0, 0.05) is 23.0 Å². The van der Waals surface area contributed by atoms with Crippen molar-refractivity contribution in [2.24, 2.45) is 5.73 Å². The third-order valence-electron chi connectivity index (χ3n) is 3.21. The molecule has 18 heavy (non-hydrogen) atoms. The van der Waals surface area contributed by atoms with Crippen LogP contribution in [0.15, 0.2) is 22.7 Å². The van der Waals surface area contributed by atoms with Gasteiger partial charge in [0.1, 0.15) is 5.82 Å². The molecule has 2 N–H and O–H groups in total. The molecule has 0 aliphatic carbocycles. The molecule has 1 aromatic carbocycles. The fraction of sp³-hybridized carbons (Fsp3) is 0.500. The van der Waals surface area contributed by atoms with E-state index in [-0.39, 0.29) is 6.04 Å². The van der Waals surface area contributed by atoms with Gasteiger partial charge in [-0.2, -0.15) is 0 Å². The molecule has 0 saturated carbocycles. The van der Waals surface area contributed by atoms with Crippen molar-refractivity contribution in [3.05, 3.63) is 28.5 Å². The summed E-state index contributed by atoms with van der Waals surface area (Å²) in [6.45, 7) is 6.48. The number of hydrogen-bond acceptors (Lipinski definition) is 2. The molecule has 1 aromatic heterocycles. The van der Waals surface area contributed by atoms with E-state index in [1.165, 1.54) is 5.52 Å². The summed E-state index contributed by atoms with van der Waals surface area (Å²) < 4.78 is 3.35. The number of benzene rings is 1. The van der Waals surface area contributed by atoms with Crippen LogP contribution in [0, 0.1) is 0 Å². The number of imidazole rings is 1. The predicted octanol–water partition coefficient (Wildman–Crippen LogP) is 3.66. The number of halogens is 1. The van der Waals surface area contributed by atoms with Crippen molar-refractivity contribution in [2.45, 2.75) is 45.7 Å². The van der Waals surface area contributed by atoms with Gasteiger partial charge >= 0.3 is 0 Å². The molecule has 0 saturated heterocycles. The van der Waals surface area contributed by atoms with Gasteiger partial charge in [0.25, 0.3) is 0 Å². The first-order chi connectivity index (χ1) is 8.52. The van der Waals surface area contributed by atoms with E-state index in [2.05, 4.69) is 59.5 Å². The maximum absolute atomic E-state index is 6.06. The number of fused-ring (bicyclic) bond motifs is 1. The number of hydrogen-bond donors (Lipinski definition) is 1. The minimum Gasteiger partial charge on any atom is -0.327 e. The zero-order chi connectivity index (χ0) is 13.3. The molecule has 2 rings (SSSR count). The topological polar surface area (TPSA) is 43.8 Å². The van der Waals surface area contributed by atoms with Crippen LogP contribution >= 0.6 is 15.9 Å². The summed E-state index contributed by atoms with van der Waals surface area (Å²) in [7, 11) is 0. The Hall–Kier alpha value is -0.870. The molecule has 0 radical (unpaired) electrons. The van der Waals surface area contributed by atoms with Crippen LogP contribution in [0.25, 0.3) is 11.0 Å². The van der Waals surface area contributed by atoms with Crippen LogP contribution in [0.2, 0.25) is 0 Å². The highest BCUT2D eigenvalue weighted by atomic mass is 79.9. The summed E-state index contributed by atoms with van der Waals surface area (Å²) in [5.74, 6) is 1.09. The van der Waals surface area contributed by atoms with Crippen molar-refractivity contribution in [2.75, 3.05) is 0 Å². The Balaban J connectivity index is 2.54. The average molecular weight is 310 g/mol. The van der Waals surface area contributed by atoms with Crippen LogP contribution in [0.1, 0.15) is 39.1 Å². The van der Waals surface area contributed by atoms with Gasteiger partial charge in [-0.3, -0.25) is 0 Å². The molecular weight excluding hydrogens is 290 g/mol. The van der Waals surface area contributed by atoms with Gasteiger partial charge in [-0.15, -0.1) is 0 Å². The molecular formula is C14H20BrN3. The summed E-state index contributed by atoms with van der Waals surface area (Å²) in [5, 5.41) is 0. The molecule has 0 fully saturated rings. The van der Waals surface area contributed by atoms with Gasteiger partial charge in [-0.05, 0) is 38.5 Å². The average Bonchev–Trinajstić information content (AvgIpc) is 2.65. The van der Waals surface area contributed by atoms with Gasteiger partial charge in [0.2, 0.25) is 0 Å². The smallest absolute Gasteiger partial charge is 0.111 e. The van der Waals surface area contributed by atoms with Crippen molar-refractivity contribution in [1.29, 1.82) is 0 Å². The highest BCUT2D eigenvalue weighted by Crippen LogP contribution is 2.24. The van der Waals surface area contributed by atoms with E-state index in [9.17, 15) is 0 Å². The predicted molar refractivity (Wildman–Crippen MR) is 79.8 cm³/mol. The van der Waals surface area contributed by atoms with E-state index in [1.54, 1.807) is 0 Å². The monoisotopic (exact) mass is 309 g/mol. The van der Waals surface area contributed by atoms with Crippen LogP contribution in [0.3, 0.4) is 0 Å². The number of nitrogens with two attached hydrogens (primary N) is 1. The maximum atomic E-state index is 6.06. The fourth-order valence-corrected chi connectivity index (χ4v) is 2.57. The Morgan fingerprint density at radius 3 is 2.72 bits per heavy atom. The van der Waals surface area contributed by atoms with Gasteiger partial charge in [-0.1, -0.05) is 22.9 Å². The summed E-state index contributed by atoms with van der Waals surface area (Å²) in [4.78, 5) is 4.74. The van der Waals surface area contributed by atoms with Gasteiger partial charge < -0.3 is 10.3 Å². The lowest BCUT2D eigenvalue weighted by Crippen LogP contribution is -2.24. The van der Waals surface area contributed by atoms with Crippen molar-refractivity contribution in [3.63, 3.8) is 0 Å². The number of rotatable bonds is 4. The Morgan fingerprint density at radius 1 is 1.39 bits per heavy atom. The zero-order valence-electron chi connectivity index (χ0n) is 11.2. The maximum Gasteiger partial charge on any atom is 0.111 e. The lowest BCUT2D eigenvalue weighted by atomic mass is 10.1. The number of nitrogens with zero attached hydrogens (tertiary/aromatic N) is 2. The molecule has 1 unspecified atom stereocenters. The van der Waals surface area contributed by atoms with Crippen LogP contribution < -0.4 is 5.73 Å². The summed E-state index contributed by atoms with van der Waals surface area (Å²) in [5.41, 5.74) is 8.29. The first kappa shape index (κ1) is 13.6. The summed E-state index contributed by atoms with van der Waals surface area (Å²) in [6.07, 6.45) is 1.81. The Bertz CT molecular complexity index is 545. The molecule has 3 nitrogen and oxygen atoms in total. The van der Waals surface area contributed by atoms with Crippen LogP contribution in [-0.2, 0) is 6.42 Å². The van der Waals surface area contributed by atoms with Crippen LogP contribution in [-0.4, -0.2) is 15.6 Å². The molecule has 0 spiro atoms. The number of aromatic nitrogens is 2. The van der Waals surface area contributed by atoms with Gasteiger partial charge in [-0.25, -0.2) is 4.98 Å². The summed E-state index contributed by atoms with van der Waals surface area (Å²) >= 11 is 3.49. The van der Waals surface area contributed by atoms with Gasteiger partial charge in [0.05, 0.1) is 11.0 Å². The van der Waals surface area contributed by atoms with Crippen molar-refractivity contribution in [3.8, 4) is 0 Å². The standard InChI is InChI=1S/C14H20BrN3/c1-4-11(16)8-14-17-12-7-10(15)5-6-13(12)18(14)9(2)3/h5-7,9,11H,4,8,16H2,1-3H3. The third kappa shape index (κ3) is 2.59. The highest BCUT2D eigenvalue weighted by molar-refractivity contribution is 9.10. The molecule has 98 valence electrons. The van der Waals surface area contributed by atoms with E-state index >= 15 is 0 Å². The minimum atomic E-state index is 0.183. The van der Waals surface area contributed by atoms with Crippen molar-refractivity contribution in [1.82, 2.24) is 9.55 Å². The Kier molecular flexibility index (Phi) is 4.07. The van der Waals surface area contributed by atoms with Gasteiger partial charge in [0.15, 0.2) is 0 Å². The van der Waals surface area contributed by atoms with Crippen molar-refractivity contribution >= 4 is 27.0 Å². The van der Waals surface area contributed by atoms with E-state index in [4.69, 9.17) is 10.7 Å². The summed E-state index contributed by atoms with van der Waals surface area (Å²) in [6, 6.07) is 6.83. The molecule has 2 aromatic rings. The first-order valence-electron chi connectivity index (χ1n) is 6.44. The fourth-order valence-electron chi connectivity index (χ4n) is 2.22. The molecule has 0 amide bonds. The largest absolute Gasteiger partial charge is 0.327 e. The normalized spacial score (nSPS) is 13.4. The third-order valence-corrected chi connectivity index (χ3v) is 3.70. The minimum absolute atomic E-state index is 0.183. The molecule has 0 aliphatic rings. The molecule has 1 atom stereocenters. The second-order valence-corrected chi connectivity index (χ2v) is 5.91. The van der Waals surface area contributed by atoms with E-state index in [1.807, 2.05) is 0 Å². The molecule has 0 bridgehead atoms. The Labute approximate surface area is 117 Å². The molecule has 4 heteroatoms. The van der Waals surface area contributed by atoms with E-state index < -0.39 is 0 Å². The zero-order valence-corrected chi connectivity index (χ0v) is 12.7. The van der Waals surface area contributed by atoms with Crippen LogP contribution in [0.5, 0.6) is 0 Å². The lowest BCUT2D eigenvalue weighted by Gasteiger charge is -2.15. The highest BCUT2D eigenvalue weighted by Gasteiger charge is 2.15. The lowest BCUT2D eigenvalue weighted by molar-refractivity contribution is 0.547.